The van der Waals surface area contributed by atoms with E-state index in [1.54, 1.807) is 0 Å². The molecular formula is C10H14Cl2. The third-order valence-electron chi connectivity index (χ3n) is 1.58. The fourth-order valence-corrected chi connectivity index (χ4v) is 1.90. The summed E-state index contributed by atoms with van der Waals surface area (Å²) in [6.07, 6.45) is 0. The van der Waals surface area contributed by atoms with Crippen molar-refractivity contribution >= 4 is 23.2 Å². The van der Waals surface area contributed by atoms with Gasteiger partial charge in [-0.3, -0.25) is 0 Å². The molecule has 0 aromatic heterocycles. The standard InChI is InChI=1S/C9H10Cl2.CH4/c1-6(2)9-7(10)4-3-5-8(9)11;/h3-6H,1-2H3;1H4. The highest BCUT2D eigenvalue weighted by molar-refractivity contribution is 6.36. The molecule has 0 aliphatic carbocycles. The zero-order valence-corrected chi connectivity index (χ0v) is 8.08. The van der Waals surface area contributed by atoms with Crippen molar-refractivity contribution < 1.29 is 0 Å². The van der Waals surface area contributed by atoms with Crippen LogP contribution in [0.2, 0.25) is 10.0 Å². The van der Waals surface area contributed by atoms with E-state index in [4.69, 9.17) is 23.2 Å². The summed E-state index contributed by atoms with van der Waals surface area (Å²) in [5, 5.41) is 1.51. The average molecular weight is 205 g/mol. The number of benzene rings is 1. The molecule has 0 aliphatic rings. The van der Waals surface area contributed by atoms with Gasteiger partial charge in [0.15, 0.2) is 0 Å². The van der Waals surface area contributed by atoms with Crippen LogP contribution in [0.1, 0.15) is 32.8 Å². The number of halogens is 2. The SMILES string of the molecule is C.CC(C)c1c(Cl)cccc1Cl. The minimum atomic E-state index is 0. The maximum Gasteiger partial charge on any atom is 0.0455 e. The Morgan fingerprint density at radius 3 is 1.75 bits per heavy atom. The van der Waals surface area contributed by atoms with Crippen molar-refractivity contribution in [1.29, 1.82) is 0 Å². The van der Waals surface area contributed by atoms with Gasteiger partial charge in [0.05, 0.1) is 0 Å². The van der Waals surface area contributed by atoms with Gasteiger partial charge < -0.3 is 0 Å². The van der Waals surface area contributed by atoms with Crippen molar-refractivity contribution in [2.75, 3.05) is 0 Å². The van der Waals surface area contributed by atoms with Crippen LogP contribution in [-0.4, -0.2) is 0 Å². The topological polar surface area (TPSA) is 0 Å². The van der Waals surface area contributed by atoms with Crippen molar-refractivity contribution in [3.63, 3.8) is 0 Å². The molecule has 0 N–H and O–H groups in total. The highest BCUT2D eigenvalue weighted by Crippen LogP contribution is 2.30. The lowest BCUT2D eigenvalue weighted by molar-refractivity contribution is 0.867. The second-order valence-electron chi connectivity index (χ2n) is 2.79. The first kappa shape index (κ1) is 11.8. The Hall–Kier alpha value is -0.200. The summed E-state index contributed by atoms with van der Waals surface area (Å²) in [6, 6.07) is 5.59. The third kappa shape index (κ3) is 2.40. The highest BCUT2D eigenvalue weighted by atomic mass is 35.5. The summed E-state index contributed by atoms with van der Waals surface area (Å²) in [5.74, 6) is 0.385. The van der Waals surface area contributed by atoms with Gasteiger partial charge in [-0.25, -0.2) is 0 Å². The van der Waals surface area contributed by atoms with Gasteiger partial charge in [0.2, 0.25) is 0 Å². The molecule has 0 saturated carbocycles. The quantitative estimate of drug-likeness (QED) is 0.620. The van der Waals surface area contributed by atoms with Gasteiger partial charge in [-0.15, -0.1) is 0 Å². The maximum atomic E-state index is 5.94. The predicted molar refractivity (Wildman–Crippen MR) is 57.3 cm³/mol. The first-order valence-corrected chi connectivity index (χ1v) is 4.32. The Morgan fingerprint density at radius 2 is 1.50 bits per heavy atom. The molecule has 2 heteroatoms. The first-order valence-electron chi connectivity index (χ1n) is 3.57. The summed E-state index contributed by atoms with van der Waals surface area (Å²) in [6.45, 7) is 4.15. The summed E-state index contributed by atoms with van der Waals surface area (Å²) >= 11 is 11.9. The van der Waals surface area contributed by atoms with Crippen LogP contribution in [0, 0.1) is 0 Å². The molecule has 0 radical (unpaired) electrons. The van der Waals surface area contributed by atoms with Gasteiger partial charge in [-0.2, -0.15) is 0 Å². The summed E-state index contributed by atoms with van der Waals surface area (Å²) in [5.41, 5.74) is 1.04. The first-order chi connectivity index (χ1) is 5.13. The van der Waals surface area contributed by atoms with Crippen LogP contribution in [0.25, 0.3) is 0 Å². The van der Waals surface area contributed by atoms with E-state index in [0.29, 0.717) is 5.92 Å². The van der Waals surface area contributed by atoms with Gasteiger partial charge >= 0.3 is 0 Å². The maximum absolute atomic E-state index is 5.94. The molecule has 0 aliphatic heterocycles. The number of hydrogen-bond acceptors (Lipinski definition) is 0. The van der Waals surface area contributed by atoms with E-state index in [-0.39, 0.29) is 7.43 Å². The number of hydrogen-bond donors (Lipinski definition) is 0. The zero-order valence-electron chi connectivity index (χ0n) is 6.57. The minimum absolute atomic E-state index is 0. The Morgan fingerprint density at radius 1 is 1.08 bits per heavy atom. The highest BCUT2D eigenvalue weighted by Gasteiger charge is 2.07. The predicted octanol–water partition coefficient (Wildman–Crippen LogP) is 4.75. The van der Waals surface area contributed by atoms with E-state index in [1.165, 1.54) is 0 Å². The Balaban J connectivity index is 0.00000121. The normalized spacial score (nSPS) is 9.75. The molecule has 0 fully saturated rings. The second kappa shape index (κ2) is 4.74. The van der Waals surface area contributed by atoms with Gasteiger partial charge in [0.1, 0.15) is 0 Å². The van der Waals surface area contributed by atoms with E-state index in [1.807, 2.05) is 18.2 Å². The second-order valence-corrected chi connectivity index (χ2v) is 3.60. The largest absolute Gasteiger partial charge is 0.0840 e. The molecular weight excluding hydrogens is 191 g/mol. The lowest BCUT2D eigenvalue weighted by Gasteiger charge is -2.09. The molecule has 0 saturated heterocycles. The molecule has 0 spiro atoms. The zero-order chi connectivity index (χ0) is 8.43. The van der Waals surface area contributed by atoms with Gasteiger partial charge in [0.25, 0.3) is 0 Å². The third-order valence-corrected chi connectivity index (χ3v) is 2.24. The summed E-state index contributed by atoms with van der Waals surface area (Å²) in [7, 11) is 0. The molecule has 1 rings (SSSR count). The fraction of sp³-hybridized carbons (Fsp3) is 0.400. The van der Waals surface area contributed by atoms with E-state index in [0.717, 1.165) is 15.6 Å². The van der Waals surface area contributed by atoms with E-state index in [9.17, 15) is 0 Å². The van der Waals surface area contributed by atoms with Gasteiger partial charge in [-0.05, 0) is 23.6 Å². The lowest BCUT2D eigenvalue weighted by Crippen LogP contribution is -1.89. The molecule has 0 nitrogen and oxygen atoms in total. The monoisotopic (exact) mass is 204 g/mol. The van der Waals surface area contributed by atoms with E-state index in [2.05, 4.69) is 13.8 Å². The molecule has 1 aromatic carbocycles. The molecule has 68 valence electrons. The van der Waals surface area contributed by atoms with Gasteiger partial charge in [-0.1, -0.05) is 50.5 Å². The van der Waals surface area contributed by atoms with Gasteiger partial charge in [0, 0.05) is 10.0 Å². The molecule has 0 unspecified atom stereocenters. The van der Waals surface area contributed by atoms with E-state index < -0.39 is 0 Å². The van der Waals surface area contributed by atoms with Crippen molar-refractivity contribution in [1.82, 2.24) is 0 Å². The van der Waals surface area contributed by atoms with Crippen molar-refractivity contribution in [2.24, 2.45) is 0 Å². The molecule has 0 heterocycles. The lowest BCUT2D eigenvalue weighted by atomic mass is 10.0. The van der Waals surface area contributed by atoms with Crippen molar-refractivity contribution in [3.05, 3.63) is 33.8 Å². The van der Waals surface area contributed by atoms with Crippen LogP contribution in [0.5, 0.6) is 0 Å². The smallest absolute Gasteiger partial charge is 0.0455 e. The van der Waals surface area contributed by atoms with Crippen molar-refractivity contribution in [2.45, 2.75) is 27.2 Å². The van der Waals surface area contributed by atoms with Crippen LogP contribution in [0.4, 0.5) is 0 Å². The van der Waals surface area contributed by atoms with Crippen molar-refractivity contribution in [3.8, 4) is 0 Å². The Bertz CT molecular complexity index is 234. The summed E-state index contributed by atoms with van der Waals surface area (Å²) < 4.78 is 0. The van der Waals surface area contributed by atoms with Crippen LogP contribution >= 0.6 is 23.2 Å². The molecule has 0 bridgehead atoms. The van der Waals surface area contributed by atoms with Crippen LogP contribution in [0.3, 0.4) is 0 Å². The molecule has 1 aromatic rings. The summed E-state index contributed by atoms with van der Waals surface area (Å²) in [4.78, 5) is 0. The molecule has 12 heavy (non-hydrogen) atoms. The average Bonchev–Trinajstić information content (AvgIpc) is 1.85. The van der Waals surface area contributed by atoms with Crippen LogP contribution in [-0.2, 0) is 0 Å². The Labute approximate surface area is 84.5 Å². The molecule has 0 atom stereocenters. The fourth-order valence-electron chi connectivity index (χ4n) is 1.06. The van der Waals surface area contributed by atoms with Crippen LogP contribution < -0.4 is 0 Å². The Kier molecular flexibility index (Phi) is 4.66. The minimum Gasteiger partial charge on any atom is -0.0840 e. The van der Waals surface area contributed by atoms with E-state index >= 15 is 0 Å². The van der Waals surface area contributed by atoms with Crippen LogP contribution in [0.15, 0.2) is 18.2 Å². The number of rotatable bonds is 1. The molecule has 0 amide bonds.